The van der Waals surface area contributed by atoms with Crippen molar-refractivity contribution in [3.8, 4) is 5.69 Å². The number of benzene rings is 2. The molecule has 100 valence electrons. The van der Waals surface area contributed by atoms with Crippen LogP contribution in [0.4, 0.5) is 5.82 Å². The van der Waals surface area contributed by atoms with E-state index in [1.54, 1.807) is 18.2 Å². The molecule has 3 aromatic rings. The van der Waals surface area contributed by atoms with Gasteiger partial charge < -0.3 is 5.73 Å². The van der Waals surface area contributed by atoms with E-state index in [1.807, 2.05) is 24.3 Å². The first-order valence-electron chi connectivity index (χ1n) is 5.80. The molecule has 0 amide bonds. The molecule has 0 unspecified atom stereocenters. The van der Waals surface area contributed by atoms with Crippen LogP contribution in [0.2, 0.25) is 5.02 Å². The fourth-order valence-corrected chi connectivity index (χ4v) is 2.45. The van der Waals surface area contributed by atoms with Crippen LogP contribution in [0.25, 0.3) is 16.7 Å². The molecule has 4 nitrogen and oxygen atoms in total. The van der Waals surface area contributed by atoms with E-state index in [4.69, 9.17) is 17.3 Å². The molecule has 0 aliphatic carbocycles. The summed E-state index contributed by atoms with van der Waals surface area (Å²) in [6, 6.07) is 12.5. The summed E-state index contributed by atoms with van der Waals surface area (Å²) >= 11 is 9.32. The van der Waals surface area contributed by atoms with Crippen LogP contribution in [0.1, 0.15) is 0 Å². The fraction of sp³-hybridized carbons (Fsp3) is 0. The van der Waals surface area contributed by atoms with E-state index in [0.717, 1.165) is 10.2 Å². The number of nitrogens with zero attached hydrogens (tertiary/aromatic N) is 2. The van der Waals surface area contributed by atoms with Crippen molar-refractivity contribution in [2.75, 3.05) is 5.73 Å². The predicted molar refractivity (Wildman–Crippen MR) is 84.5 cm³/mol. The van der Waals surface area contributed by atoms with Gasteiger partial charge in [0.1, 0.15) is 0 Å². The maximum atomic E-state index is 12.3. The van der Waals surface area contributed by atoms with Crippen molar-refractivity contribution < 1.29 is 0 Å². The normalized spacial score (nSPS) is 10.9. The third kappa shape index (κ3) is 2.19. The Kier molecular flexibility index (Phi) is 3.23. The first-order chi connectivity index (χ1) is 9.56. The van der Waals surface area contributed by atoms with Crippen molar-refractivity contribution in [2.24, 2.45) is 0 Å². The van der Waals surface area contributed by atoms with Gasteiger partial charge >= 0.3 is 0 Å². The van der Waals surface area contributed by atoms with Gasteiger partial charge in [-0.25, -0.2) is 4.98 Å². The molecule has 0 saturated heterocycles. The van der Waals surface area contributed by atoms with Gasteiger partial charge in [-0.05, 0) is 42.5 Å². The zero-order valence-electron chi connectivity index (χ0n) is 10.2. The number of nitrogen functional groups attached to an aromatic ring is 1. The van der Waals surface area contributed by atoms with E-state index in [9.17, 15) is 4.79 Å². The summed E-state index contributed by atoms with van der Waals surface area (Å²) in [5, 5.41) is 0.547. The van der Waals surface area contributed by atoms with Crippen LogP contribution in [0.5, 0.6) is 0 Å². The van der Waals surface area contributed by atoms with Gasteiger partial charge in [0.05, 0.1) is 11.0 Å². The van der Waals surface area contributed by atoms with Gasteiger partial charge in [-0.15, -0.1) is 0 Å². The van der Waals surface area contributed by atoms with Gasteiger partial charge in [0.25, 0.3) is 5.56 Å². The van der Waals surface area contributed by atoms with Gasteiger partial charge in [0, 0.05) is 15.2 Å². The van der Waals surface area contributed by atoms with Crippen molar-refractivity contribution in [3.05, 3.63) is 62.3 Å². The van der Waals surface area contributed by atoms with E-state index in [1.165, 1.54) is 4.57 Å². The molecule has 0 spiro atoms. The van der Waals surface area contributed by atoms with Crippen LogP contribution in [-0.2, 0) is 0 Å². The van der Waals surface area contributed by atoms with E-state index in [0.29, 0.717) is 16.1 Å². The summed E-state index contributed by atoms with van der Waals surface area (Å²) in [4.78, 5) is 16.4. The number of hydrogen-bond acceptors (Lipinski definition) is 3. The lowest BCUT2D eigenvalue weighted by molar-refractivity contribution is 1.02. The molecule has 2 N–H and O–H groups in total. The second kappa shape index (κ2) is 4.92. The molecule has 20 heavy (non-hydrogen) atoms. The number of fused-ring (bicyclic) bond motifs is 1. The molecule has 0 fully saturated rings. The Hall–Kier alpha value is -1.85. The summed E-state index contributed by atoms with van der Waals surface area (Å²) in [6.07, 6.45) is 0. The van der Waals surface area contributed by atoms with E-state index < -0.39 is 0 Å². The Balaban J connectivity index is 2.41. The minimum absolute atomic E-state index is 0.0531. The van der Waals surface area contributed by atoms with Crippen LogP contribution in [0, 0.1) is 0 Å². The summed E-state index contributed by atoms with van der Waals surface area (Å²) in [6.45, 7) is 0. The Morgan fingerprint density at radius 1 is 1.15 bits per heavy atom. The molecule has 0 aliphatic rings. The lowest BCUT2D eigenvalue weighted by atomic mass is 10.2. The third-order valence-corrected chi connectivity index (χ3v) is 3.69. The minimum atomic E-state index is -0.345. The highest BCUT2D eigenvalue weighted by molar-refractivity contribution is 9.10. The summed E-state index contributed by atoms with van der Waals surface area (Å²) < 4.78 is 2.46. The molecule has 0 saturated carbocycles. The number of halogens is 2. The molecule has 1 aromatic heterocycles. The van der Waals surface area contributed by atoms with Gasteiger partial charge in [-0.3, -0.25) is 9.36 Å². The van der Waals surface area contributed by atoms with Crippen molar-refractivity contribution in [1.82, 2.24) is 9.55 Å². The smallest absolute Gasteiger partial charge is 0.298 e. The van der Waals surface area contributed by atoms with Crippen LogP contribution >= 0.6 is 27.5 Å². The van der Waals surface area contributed by atoms with E-state index >= 15 is 0 Å². The van der Waals surface area contributed by atoms with Gasteiger partial charge in [0.15, 0.2) is 5.82 Å². The number of nitrogens with two attached hydrogens (primary N) is 1. The fourth-order valence-electron chi connectivity index (χ4n) is 2.02. The van der Waals surface area contributed by atoms with E-state index in [2.05, 4.69) is 20.9 Å². The van der Waals surface area contributed by atoms with Gasteiger partial charge in [-0.2, -0.15) is 0 Å². The highest BCUT2D eigenvalue weighted by Crippen LogP contribution is 2.21. The second-order valence-corrected chi connectivity index (χ2v) is 5.60. The van der Waals surface area contributed by atoms with Crippen molar-refractivity contribution in [3.63, 3.8) is 0 Å². The first kappa shape index (κ1) is 13.1. The van der Waals surface area contributed by atoms with Crippen LogP contribution < -0.4 is 11.3 Å². The van der Waals surface area contributed by atoms with Gasteiger partial charge in [-0.1, -0.05) is 27.5 Å². The highest BCUT2D eigenvalue weighted by atomic mass is 79.9. The Bertz CT molecular complexity index is 859. The molecular weight excluding hydrogens is 342 g/mol. The van der Waals surface area contributed by atoms with E-state index in [-0.39, 0.29) is 11.4 Å². The molecule has 0 aliphatic heterocycles. The lowest BCUT2D eigenvalue weighted by Gasteiger charge is -2.11. The van der Waals surface area contributed by atoms with Crippen molar-refractivity contribution in [2.45, 2.75) is 0 Å². The zero-order valence-corrected chi connectivity index (χ0v) is 12.5. The van der Waals surface area contributed by atoms with Crippen LogP contribution in [0.15, 0.2) is 51.7 Å². The van der Waals surface area contributed by atoms with Gasteiger partial charge in [0.2, 0.25) is 0 Å². The first-order valence-corrected chi connectivity index (χ1v) is 6.97. The quantitative estimate of drug-likeness (QED) is 0.732. The summed E-state index contributed by atoms with van der Waals surface area (Å²) in [5.74, 6) is -0.0531. The third-order valence-electron chi connectivity index (χ3n) is 2.93. The van der Waals surface area contributed by atoms with Crippen LogP contribution in [-0.4, -0.2) is 9.55 Å². The monoisotopic (exact) mass is 349 g/mol. The maximum Gasteiger partial charge on any atom is 0.298 e. The minimum Gasteiger partial charge on any atom is -0.379 e. The Labute approximate surface area is 127 Å². The lowest BCUT2D eigenvalue weighted by Crippen LogP contribution is -2.23. The largest absolute Gasteiger partial charge is 0.379 e. The molecule has 0 radical (unpaired) electrons. The van der Waals surface area contributed by atoms with Crippen LogP contribution in [0.3, 0.4) is 0 Å². The second-order valence-electron chi connectivity index (χ2n) is 4.25. The number of rotatable bonds is 1. The SMILES string of the molecule is Nc1nc2cc(Cl)ccc2n(-c2ccc(Br)cc2)c1=O. The molecule has 6 heteroatoms. The number of aromatic nitrogens is 2. The Morgan fingerprint density at radius 3 is 2.55 bits per heavy atom. The molecule has 2 aromatic carbocycles. The molecule has 0 bridgehead atoms. The molecular formula is C14H9BrClN3O. The molecule has 3 rings (SSSR count). The highest BCUT2D eigenvalue weighted by Gasteiger charge is 2.10. The molecule has 1 heterocycles. The average molecular weight is 351 g/mol. The zero-order chi connectivity index (χ0) is 14.3. The number of anilines is 1. The van der Waals surface area contributed by atoms with Crippen molar-refractivity contribution >= 4 is 44.4 Å². The maximum absolute atomic E-state index is 12.3. The van der Waals surface area contributed by atoms with Crippen molar-refractivity contribution in [1.29, 1.82) is 0 Å². The topological polar surface area (TPSA) is 60.9 Å². The number of hydrogen-bond donors (Lipinski definition) is 1. The molecule has 0 atom stereocenters. The predicted octanol–water partition coefficient (Wildman–Crippen LogP) is 3.38. The average Bonchev–Trinajstić information content (AvgIpc) is 2.42. The summed E-state index contributed by atoms with van der Waals surface area (Å²) in [5.41, 5.74) is 7.33. The Morgan fingerprint density at radius 2 is 1.85 bits per heavy atom. The summed E-state index contributed by atoms with van der Waals surface area (Å²) in [7, 11) is 0. The standard InChI is InChI=1S/C14H9BrClN3O/c15-8-1-4-10(5-2-8)19-12-6-3-9(16)7-11(12)18-13(17)14(19)20/h1-7H,(H2,17,18).